The molecule has 182 valence electrons. The Kier molecular flexibility index (Phi) is 5.64. The fraction of sp³-hybridized carbons (Fsp3) is 0.448. The van der Waals surface area contributed by atoms with Gasteiger partial charge in [-0.25, -0.2) is 4.79 Å². The van der Waals surface area contributed by atoms with Crippen molar-refractivity contribution in [2.45, 2.75) is 63.0 Å². The lowest BCUT2D eigenvalue weighted by molar-refractivity contribution is -0.157. The Labute approximate surface area is 204 Å². The van der Waals surface area contributed by atoms with Crippen LogP contribution in [0.2, 0.25) is 0 Å². The number of hydrogen-bond donors (Lipinski definition) is 1. The highest BCUT2D eigenvalue weighted by Crippen LogP contribution is 2.49. The number of aryl methyl sites for hydroxylation is 1. The first kappa shape index (κ1) is 22.4. The van der Waals surface area contributed by atoms with E-state index in [-0.39, 0.29) is 30.1 Å². The highest BCUT2D eigenvalue weighted by Gasteiger charge is 2.50. The molecule has 6 rings (SSSR count). The Morgan fingerprint density at radius 2 is 1.89 bits per heavy atom. The van der Waals surface area contributed by atoms with Gasteiger partial charge in [-0.05, 0) is 61.8 Å². The van der Waals surface area contributed by atoms with E-state index in [0.717, 1.165) is 67.0 Å². The van der Waals surface area contributed by atoms with Gasteiger partial charge < -0.3 is 19.2 Å². The van der Waals surface area contributed by atoms with Crippen LogP contribution in [-0.4, -0.2) is 34.7 Å². The van der Waals surface area contributed by atoms with Gasteiger partial charge in [0.05, 0.1) is 11.6 Å². The van der Waals surface area contributed by atoms with E-state index in [1.807, 2.05) is 35.2 Å². The van der Waals surface area contributed by atoms with Crippen molar-refractivity contribution in [2.24, 2.45) is 5.92 Å². The zero-order chi connectivity index (χ0) is 24.0. The molecule has 35 heavy (non-hydrogen) atoms. The van der Waals surface area contributed by atoms with Gasteiger partial charge >= 0.3 is 5.63 Å². The standard InChI is InChI=1S/C29H31NO5/c31-26(18-34-20-12-13-22-21-9-6-10-23(21)28(32)35-25(22)17-20)30-16-15-29(33)14-5-4-11-24(29)27(30)19-7-2-1-3-8-19/h1-3,7-8,12-13,17,24,27,33H,4-6,9-11,14-16,18H2/t24-,27-,29+/m1/s1. The number of nitrogens with zero attached hydrogens (tertiary/aromatic N) is 1. The van der Waals surface area contributed by atoms with Crippen molar-refractivity contribution in [3.63, 3.8) is 0 Å². The molecule has 1 amide bonds. The third-order valence-corrected chi connectivity index (χ3v) is 8.34. The number of aliphatic hydroxyl groups is 1. The van der Waals surface area contributed by atoms with Crippen molar-refractivity contribution in [3.8, 4) is 5.75 Å². The molecule has 2 fully saturated rings. The number of likely N-dealkylation sites (tertiary alicyclic amines) is 1. The molecule has 1 saturated heterocycles. The summed E-state index contributed by atoms with van der Waals surface area (Å²) in [4.78, 5) is 27.7. The van der Waals surface area contributed by atoms with E-state index in [1.165, 1.54) is 0 Å². The van der Waals surface area contributed by atoms with Gasteiger partial charge in [0.1, 0.15) is 11.3 Å². The van der Waals surface area contributed by atoms with E-state index in [2.05, 4.69) is 12.1 Å². The molecule has 0 radical (unpaired) electrons. The minimum absolute atomic E-state index is 0.0217. The lowest BCUT2D eigenvalue weighted by Crippen LogP contribution is -2.56. The molecule has 3 aliphatic rings. The minimum atomic E-state index is -0.716. The number of benzene rings is 2. The molecular formula is C29H31NO5. The fourth-order valence-electron chi connectivity index (χ4n) is 6.61. The summed E-state index contributed by atoms with van der Waals surface area (Å²) in [5, 5.41) is 12.4. The molecule has 0 spiro atoms. The Morgan fingerprint density at radius 3 is 2.74 bits per heavy atom. The topological polar surface area (TPSA) is 80.0 Å². The molecule has 3 aromatic rings. The van der Waals surface area contributed by atoms with Gasteiger partial charge in [0, 0.05) is 29.5 Å². The van der Waals surface area contributed by atoms with E-state index < -0.39 is 5.60 Å². The van der Waals surface area contributed by atoms with Crippen molar-refractivity contribution in [1.29, 1.82) is 0 Å². The van der Waals surface area contributed by atoms with Crippen molar-refractivity contribution in [3.05, 3.63) is 75.6 Å². The smallest absolute Gasteiger partial charge is 0.339 e. The van der Waals surface area contributed by atoms with Gasteiger partial charge in [-0.1, -0.05) is 43.2 Å². The second-order valence-corrected chi connectivity index (χ2v) is 10.3. The van der Waals surface area contributed by atoms with E-state index in [0.29, 0.717) is 24.3 Å². The average Bonchev–Trinajstić information content (AvgIpc) is 3.38. The number of fused-ring (bicyclic) bond motifs is 4. The van der Waals surface area contributed by atoms with E-state index >= 15 is 0 Å². The number of piperidine rings is 1. The maximum absolute atomic E-state index is 13.5. The van der Waals surface area contributed by atoms with Crippen LogP contribution in [0.1, 0.15) is 61.3 Å². The van der Waals surface area contributed by atoms with Crippen LogP contribution in [0.25, 0.3) is 11.0 Å². The van der Waals surface area contributed by atoms with Crippen molar-refractivity contribution >= 4 is 16.9 Å². The normalized spacial score (nSPS) is 25.8. The highest BCUT2D eigenvalue weighted by atomic mass is 16.5. The lowest BCUT2D eigenvalue weighted by atomic mass is 9.66. The molecule has 2 heterocycles. The summed E-state index contributed by atoms with van der Waals surface area (Å²) < 4.78 is 11.5. The van der Waals surface area contributed by atoms with E-state index in [9.17, 15) is 14.7 Å². The molecule has 6 heteroatoms. The molecule has 3 atom stereocenters. The van der Waals surface area contributed by atoms with Gasteiger partial charge in [-0.3, -0.25) is 4.79 Å². The molecule has 1 aliphatic heterocycles. The Bertz CT molecular complexity index is 1320. The van der Waals surface area contributed by atoms with Gasteiger partial charge in [0.15, 0.2) is 6.61 Å². The molecule has 6 nitrogen and oxygen atoms in total. The van der Waals surface area contributed by atoms with Crippen LogP contribution in [0, 0.1) is 5.92 Å². The second-order valence-electron chi connectivity index (χ2n) is 10.3. The Balaban J connectivity index is 1.24. The molecule has 0 unspecified atom stereocenters. The number of amides is 1. The average molecular weight is 474 g/mol. The first-order valence-corrected chi connectivity index (χ1v) is 12.8. The molecule has 1 N–H and O–H groups in total. The first-order chi connectivity index (χ1) is 17.0. The molecule has 1 saturated carbocycles. The molecule has 0 bridgehead atoms. The Morgan fingerprint density at radius 1 is 1.06 bits per heavy atom. The molecular weight excluding hydrogens is 442 g/mol. The third kappa shape index (κ3) is 3.94. The summed E-state index contributed by atoms with van der Waals surface area (Å²) in [6.07, 6.45) is 7.04. The molecule has 1 aromatic heterocycles. The lowest BCUT2D eigenvalue weighted by Gasteiger charge is -2.52. The third-order valence-electron chi connectivity index (χ3n) is 8.34. The SMILES string of the molecule is O=C(COc1ccc2c3c(c(=O)oc2c1)CCC3)N1CC[C@@]2(O)CCCC[C@@H]2[C@H]1c1ccccc1. The van der Waals surface area contributed by atoms with Crippen LogP contribution in [0.15, 0.2) is 57.7 Å². The highest BCUT2D eigenvalue weighted by molar-refractivity contribution is 5.83. The van der Waals surface area contributed by atoms with Crippen LogP contribution in [0.3, 0.4) is 0 Å². The fourth-order valence-corrected chi connectivity index (χ4v) is 6.61. The minimum Gasteiger partial charge on any atom is -0.484 e. The first-order valence-electron chi connectivity index (χ1n) is 12.8. The predicted molar refractivity (Wildman–Crippen MR) is 132 cm³/mol. The van der Waals surface area contributed by atoms with Crippen LogP contribution in [-0.2, 0) is 17.6 Å². The summed E-state index contributed by atoms with van der Waals surface area (Å²) in [5.74, 6) is 0.435. The maximum Gasteiger partial charge on any atom is 0.339 e. The van der Waals surface area contributed by atoms with Crippen LogP contribution in [0.4, 0.5) is 0 Å². The number of rotatable bonds is 4. The maximum atomic E-state index is 13.5. The zero-order valence-corrected chi connectivity index (χ0v) is 19.9. The second kappa shape index (κ2) is 8.83. The van der Waals surface area contributed by atoms with Crippen LogP contribution in [0.5, 0.6) is 5.75 Å². The van der Waals surface area contributed by atoms with Crippen molar-refractivity contribution < 1.29 is 19.1 Å². The summed E-state index contributed by atoms with van der Waals surface area (Å²) in [6.45, 7) is 0.405. The van der Waals surface area contributed by atoms with Gasteiger partial charge in [0.25, 0.3) is 5.91 Å². The predicted octanol–water partition coefficient (Wildman–Crippen LogP) is 4.56. The number of ether oxygens (including phenoxy) is 1. The van der Waals surface area contributed by atoms with E-state index in [1.54, 1.807) is 6.07 Å². The summed E-state index contributed by atoms with van der Waals surface area (Å²) in [6, 6.07) is 15.4. The molecule has 2 aromatic carbocycles. The van der Waals surface area contributed by atoms with Crippen LogP contribution >= 0.6 is 0 Å². The van der Waals surface area contributed by atoms with Crippen molar-refractivity contribution in [2.75, 3.05) is 13.2 Å². The largest absolute Gasteiger partial charge is 0.484 e. The summed E-state index contributed by atoms with van der Waals surface area (Å²) in [5.41, 5.74) is 2.46. The van der Waals surface area contributed by atoms with Crippen molar-refractivity contribution in [1.82, 2.24) is 4.90 Å². The monoisotopic (exact) mass is 473 g/mol. The number of carbonyl (C=O) groups is 1. The van der Waals surface area contributed by atoms with Gasteiger partial charge in [0.2, 0.25) is 0 Å². The summed E-state index contributed by atoms with van der Waals surface area (Å²) >= 11 is 0. The Hall–Kier alpha value is -3.12. The zero-order valence-electron chi connectivity index (χ0n) is 19.9. The number of carbonyl (C=O) groups excluding carboxylic acids is 1. The van der Waals surface area contributed by atoms with E-state index in [4.69, 9.17) is 9.15 Å². The summed E-state index contributed by atoms with van der Waals surface area (Å²) in [7, 11) is 0. The van der Waals surface area contributed by atoms with Gasteiger partial charge in [-0.2, -0.15) is 0 Å². The quantitative estimate of drug-likeness (QED) is 0.562. The number of hydrogen-bond acceptors (Lipinski definition) is 5. The van der Waals surface area contributed by atoms with Gasteiger partial charge in [-0.15, -0.1) is 0 Å². The molecule has 2 aliphatic carbocycles. The van der Waals surface area contributed by atoms with Crippen LogP contribution < -0.4 is 10.4 Å².